The van der Waals surface area contributed by atoms with Crippen LogP contribution in [0.15, 0.2) is 89.2 Å². The topological polar surface area (TPSA) is 81.1 Å². The van der Waals surface area contributed by atoms with Gasteiger partial charge in [-0.05, 0) is 75.1 Å². The van der Waals surface area contributed by atoms with E-state index in [1.54, 1.807) is 11.8 Å². The maximum absolute atomic E-state index is 13.9. The van der Waals surface area contributed by atoms with E-state index >= 15 is 0 Å². The van der Waals surface area contributed by atoms with Gasteiger partial charge in [0, 0.05) is 17.1 Å². The smallest absolute Gasteiger partial charge is 0.255 e. The minimum absolute atomic E-state index is 0.0283. The van der Waals surface area contributed by atoms with E-state index in [9.17, 15) is 4.79 Å². The number of allylic oxidation sites excluding steroid dienone is 1. The third-order valence-electron chi connectivity index (χ3n) is 6.69. The zero-order valence-electron chi connectivity index (χ0n) is 22.9. The molecule has 2 N–H and O–H groups in total. The first-order valence-electron chi connectivity index (χ1n) is 13.1. The largest absolute Gasteiger partial charge is 0.491 e. The van der Waals surface area contributed by atoms with Gasteiger partial charge in [0.25, 0.3) is 5.91 Å². The van der Waals surface area contributed by atoms with Crippen molar-refractivity contribution in [3.63, 3.8) is 0 Å². The predicted molar refractivity (Wildman–Crippen MR) is 157 cm³/mol. The van der Waals surface area contributed by atoms with Gasteiger partial charge in [-0.3, -0.25) is 4.79 Å². The molecule has 1 aromatic heterocycles. The van der Waals surface area contributed by atoms with Crippen LogP contribution < -0.4 is 15.4 Å². The van der Waals surface area contributed by atoms with E-state index in [-0.39, 0.29) is 12.0 Å². The molecule has 5 rings (SSSR count). The third-order valence-corrected chi connectivity index (χ3v) is 7.60. The number of hydrogen-bond donors (Lipinski definition) is 2. The highest BCUT2D eigenvalue weighted by atomic mass is 32.2. The summed E-state index contributed by atoms with van der Waals surface area (Å²) in [7, 11) is 0. The molecule has 1 unspecified atom stereocenters. The molecule has 0 radical (unpaired) electrons. The van der Waals surface area contributed by atoms with Gasteiger partial charge in [0.05, 0.1) is 11.7 Å². The second-order valence-corrected chi connectivity index (χ2v) is 10.9. The summed E-state index contributed by atoms with van der Waals surface area (Å²) in [4.78, 5) is 18.7. The van der Waals surface area contributed by atoms with Crippen molar-refractivity contribution in [2.45, 2.75) is 57.7 Å². The van der Waals surface area contributed by atoms with Gasteiger partial charge in [-0.2, -0.15) is 4.98 Å². The van der Waals surface area contributed by atoms with Crippen LogP contribution in [-0.2, 0) is 10.5 Å². The highest BCUT2D eigenvalue weighted by Gasteiger charge is 2.35. The Morgan fingerprint density at radius 1 is 1.05 bits per heavy atom. The summed E-state index contributed by atoms with van der Waals surface area (Å²) >= 11 is 1.57. The first-order valence-corrected chi connectivity index (χ1v) is 14.0. The minimum Gasteiger partial charge on any atom is -0.491 e. The van der Waals surface area contributed by atoms with Crippen molar-refractivity contribution in [3.05, 3.63) is 106 Å². The maximum Gasteiger partial charge on any atom is 0.255 e. The summed E-state index contributed by atoms with van der Waals surface area (Å²) in [6.07, 6.45) is 0.0283. The molecule has 1 atom stereocenters. The number of fused-ring (bicyclic) bond motifs is 1. The van der Waals surface area contributed by atoms with Crippen LogP contribution in [0.1, 0.15) is 49.1 Å². The van der Waals surface area contributed by atoms with Crippen molar-refractivity contribution in [1.82, 2.24) is 14.8 Å². The number of rotatable bonds is 8. The lowest BCUT2D eigenvalue weighted by atomic mass is 9.94. The average molecular weight is 540 g/mol. The van der Waals surface area contributed by atoms with E-state index in [1.807, 2.05) is 100.0 Å². The fourth-order valence-electron chi connectivity index (χ4n) is 4.62. The van der Waals surface area contributed by atoms with Crippen LogP contribution in [0.25, 0.3) is 0 Å². The molecule has 1 aliphatic heterocycles. The highest BCUT2D eigenvalue weighted by Crippen LogP contribution is 2.38. The third kappa shape index (κ3) is 5.86. The molecular formula is C31H33N5O2S. The number of carbonyl (C=O) groups is 1. The predicted octanol–water partition coefficient (Wildman–Crippen LogP) is 6.90. The van der Waals surface area contributed by atoms with Crippen molar-refractivity contribution in [2.24, 2.45) is 0 Å². The average Bonchev–Trinajstić information content (AvgIpc) is 3.32. The van der Waals surface area contributed by atoms with Gasteiger partial charge in [-0.1, -0.05) is 66.4 Å². The first kappa shape index (κ1) is 26.6. The number of aryl methyl sites for hydroxylation is 1. The second-order valence-electron chi connectivity index (χ2n) is 9.94. The van der Waals surface area contributed by atoms with Gasteiger partial charge in [0.1, 0.15) is 11.8 Å². The summed E-state index contributed by atoms with van der Waals surface area (Å²) in [5.74, 6) is 1.91. The van der Waals surface area contributed by atoms with E-state index in [1.165, 1.54) is 5.56 Å². The summed E-state index contributed by atoms with van der Waals surface area (Å²) in [5, 5.41) is 12.0. The lowest BCUT2D eigenvalue weighted by molar-refractivity contribution is -0.113. The van der Waals surface area contributed by atoms with Crippen LogP contribution in [-0.4, -0.2) is 26.8 Å². The molecule has 0 saturated carbocycles. The molecule has 8 heteroatoms. The maximum atomic E-state index is 13.9. The van der Waals surface area contributed by atoms with Crippen LogP contribution in [0.4, 0.5) is 11.6 Å². The van der Waals surface area contributed by atoms with Crippen molar-refractivity contribution >= 4 is 29.3 Å². The fourth-order valence-corrected chi connectivity index (χ4v) is 5.41. The van der Waals surface area contributed by atoms with Crippen LogP contribution in [0.3, 0.4) is 0 Å². The molecule has 0 bridgehead atoms. The number of anilines is 2. The Kier molecular flexibility index (Phi) is 7.74. The Hall–Kier alpha value is -4.04. The van der Waals surface area contributed by atoms with E-state index in [0.29, 0.717) is 16.7 Å². The first-order chi connectivity index (χ1) is 18.8. The normalized spacial score (nSPS) is 14.7. The van der Waals surface area contributed by atoms with Crippen molar-refractivity contribution in [2.75, 3.05) is 10.6 Å². The van der Waals surface area contributed by atoms with Crippen LogP contribution in [0.5, 0.6) is 5.75 Å². The van der Waals surface area contributed by atoms with Gasteiger partial charge in [-0.15, -0.1) is 5.10 Å². The van der Waals surface area contributed by atoms with E-state index < -0.39 is 6.04 Å². The Balaban J connectivity index is 1.53. The Bertz CT molecular complexity index is 1530. The van der Waals surface area contributed by atoms with Crippen LogP contribution >= 0.6 is 11.8 Å². The monoisotopic (exact) mass is 539 g/mol. The Morgan fingerprint density at radius 3 is 2.59 bits per heavy atom. The quantitative estimate of drug-likeness (QED) is 0.237. The number of nitrogens with zero attached hydrogens (tertiary/aromatic N) is 3. The molecule has 0 fully saturated rings. The van der Waals surface area contributed by atoms with Crippen molar-refractivity contribution in [1.29, 1.82) is 0 Å². The molecule has 0 aliphatic carbocycles. The van der Waals surface area contributed by atoms with Crippen molar-refractivity contribution < 1.29 is 9.53 Å². The standard InChI is InChI=1S/C31H33N5O2S/c1-19(2)38-25-15-10-14-24(17-25)28-27(29(37)33-26-16-9-11-20(3)21(26)4)22(5)32-30-34-31(35-36(28)30)39-18-23-12-7-6-8-13-23/h6-17,19,28H,18H2,1-5H3,(H,33,37)(H,32,34,35). The molecule has 0 spiro atoms. The number of amides is 1. The molecule has 1 aliphatic rings. The molecule has 0 saturated heterocycles. The number of hydrogen-bond acceptors (Lipinski definition) is 6. The second kappa shape index (κ2) is 11.4. The van der Waals surface area contributed by atoms with Gasteiger partial charge in [-0.25, -0.2) is 4.68 Å². The van der Waals surface area contributed by atoms with E-state index in [0.717, 1.165) is 39.6 Å². The summed E-state index contributed by atoms with van der Waals surface area (Å²) < 4.78 is 7.80. The van der Waals surface area contributed by atoms with E-state index in [2.05, 4.69) is 22.8 Å². The molecule has 7 nitrogen and oxygen atoms in total. The number of thioether (sulfide) groups is 1. The summed E-state index contributed by atoms with van der Waals surface area (Å²) in [6.45, 7) is 9.96. The van der Waals surface area contributed by atoms with Gasteiger partial charge >= 0.3 is 0 Å². The number of ether oxygens (including phenoxy) is 1. The molecule has 39 heavy (non-hydrogen) atoms. The van der Waals surface area contributed by atoms with Gasteiger partial charge in [0.15, 0.2) is 0 Å². The summed E-state index contributed by atoms with van der Waals surface area (Å²) in [6, 6.07) is 23.5. The molecular weight excluding hydrogens is 506 g/mol. The molecule has 2 heterocycles. The Morgan fingerprint density at radius 2 is 1.82 bits per heavy atom. The van der Waals surface area contributed by atoms with Crippen molar-refractivity contribution in [3.8, 4) is 5.75 Å². The fraction of sp³-hybridized carbons (Fsp3) is 0.258. The number of carbonyl (C=O) groups excluding carboxylic acids is 1. The highest BCUT2D eigenvalue weighted by molar-refractivity contribution is 7.98. The SMILES string of the molecule is CC1=C(C(=O)Nc2cccc(C)c2C)C(c2cccc(OC(C)C)c2)n2nc(SCc3ccccc3)nc2N1. The van der Waals surface area contributed by atoms with E-state index in [4.69, 9.17) is 14.8 Å². The number of benzene rings is 3. The zero-order valence-corrected chi connectivity index (χ0v) is 23.7. The number of aromatic nitrogens is 3. The zero-order chi connectivity index (χ0) is 27.5. The molecule has 200 valence electrons. The Labute approximate surface area is 233 Å². The van der Waals surface area contributed by atoms with Gasteiger partial charge < -0.3 is 15.4 Å². The molecule has 1 amide bonds. The summed E-state index contributed by atoms with van der Waals surface area (Å²) in [5.41, 5.74) is 6.35. The lowest BCUT2D eigenvalue weighted by Gasteiger charge is -2.29. The number of nitrogens with one attached hydrogen (secondary N) is 2. The van der Waals surface area contributed by atoms with Crippen LogP contribution in [0, 0.1) is 13.8 Å². The molecule has 4 aromatic rings. The lowest BCUT2D eigenvalue weighted by Crippen LogP contribution is -2.31. The minimum atomic E-state index is -0.486. The van der Waals surface area contributed by atoms with Crippen LogP contribution in [0.2, 0.25) is 0 Å². The molecule has 3 aromatic carbocycles. The van der Waals surface area contributed by atoms with Gasteiger partial charge in [0.2, 0.25) is 11.1 Å².